The van der Waals surface area contributed by atoms with Crippen LogP contribution in [-0.2, 0) is 17.8 Å². The monoisotopic (exact) mass is 306 g/mol. The Morgan fingerprint density at radius 3 is 2.76 bits per heavy atom. The fourth-order valence-corrected chi connectivity index (χ4v) is 2.69. The molecule has 0 aliphatic rings. The van der Waals surface area contributed by atoms with Crippen LogP contribution in [0.2, 0.25) is 0 Å². The molecule has 0 aromatic carbocycles. The first kappa shape index (κ1) is 15.7. The number of thiophene rings is 1. The van der Waals surface area contributed by atoms with E-state index in [0.29, 0.717) is 19.5 Å². The van der Waals surface area contributed by atoms with E-state index in [9.17, 15) is 4.79 Å². The number of nitrogens with zero attached hydrogens (tertiary/aromatic N) is 3. The highest BCUT2D eigenvalue weighted by atomic mass is 32.1. The number of rotatable bonds is 7. The molecule has 0 saturated carbocycles. The van der Waals surface area contributed by atoms with Crippen molar-refractivity contribution in [3.8, 4) is 0 Å². The summed E-state index contributed by atoms with van der Waals surface area (Å²) >= 11 is 1.62. The summed E-state index contributed by atoms with van der Waals surface area (Å²) in [7, 11) is 4.03. The highest BCUT2D eigenvalue weighted by molar-refractivity contribution is 7.07. The van der Waals surface area contributed by atoms with Gasteiger partial charge in [0.15, 0.2) is 0 Å². The van der Waals surface area contributed by atoms with Crippen LogP contribution in [0.1, 0.15) is 17.0 Å². The van der Waals surface area contributed by atoms with Crippen molar-refractivity contribution in [3.05, 3.63) is 40.1 Å². The van der Waals surface area contributed by atoms with E-state index in [1.54, 1.807) is 17.7 Å². The first-order chi connectivity index (χ1) is 10.1. The second-order valence-electron chi connectivity index (χ2n) is 5.40. The maximum atomic E-state index is 12.5. The molecule has 2 aromatic heterocycles. The summed E-state index contributed by atoms with van der Waals surface area (Å²) in [6.45, 7) is 4.10. The molecule has 21 heavy (non-hydrogen) atoms. The normalized spacial score (nSPS) is 11.0. The van der Waals surface area contributed by atoms with Gasteiger partial charge in [-0.15, -0.1) is 0 Å². The molecule has 2 aromatic rings. The fourth-order valence-electron chi connectivity index (χ4n) is 2.02. The molecule has 0 atom stereocenters. The van der Waals surface area contributed by atoms with Gasteiger partial charge in [0.1, 0.15) is 0 Å². The zero-order chi connectivity index (χ0) is 15.2. The zero-order valence-electron chi connectivity index (χ0n) is 12.8. The summed E-state index contributed by atoms with van der Waals surface area (Å²) in [6, 6.07) is 2.01. The molecular weight excluding hydrogens is 284 g/mol. The largest absolute Gasteiger partial charge is 0.348 e. The minimum absolute atomic E-state index is 0.151. The summed E-state index contributed by atoms with van der Waals surface area (Å²) in [5.41, 5.74) is 3.04. The summed E-state index contributed by atoms with van der Waals surface area (Å²) in [6.07, 6.45) is 2.14. The van der Waals surface area contributed by atoms with Gasteiger partial charge in [0, 0.05) is 18.8 Å². The number of hydrogen-bond acceptors (Lipinski definition) is 4. The van der Waals surface area contributed by atoms with Crippen LogP contribution >= 0.6 is 11.3 Å². The van der Waals surface area contributed by atoms with Gasteiger partial charge < -0.3 is 14.8 Å². The average molecular weight is 306 g/mol. The van der Waals surface area contributed by atoms with Crippen molar-refractivity contribution >= 4 is 17.2 Å². The van der Waals surface area contributed by atoms with Crippen molar-refractivity contribution in [2.24, 2.45) is 0 Å². The Labute approximate surface area is 129 Å². The Morgan fingerprint density at radius 2 is 2.19 bits per heavy atom. The summed E-state index contributed by atoms with van der Waals surface area (Å²) in [4.78, 5) is 23.9. The fraction of sp³-hybridized carbons (Fsp3) is 0.467. The molecule has 0 fully saturated rings. The van der Waals surface area contributed by atoms with Gasteiger partial charge in [0.05, 0.1) is 25.0 Å². The summed E-state index contributed by atoms with van der Waals surface area (Å²) < 4.78 is 0. The lowest BCUT2D eigenvalue weighted by Crippen LogP contribution is -2.37. The minimum atomic E-state index is 0.151. The summed E-state index contributed by atoms with van der Waals surface area (Å²) in [5, 5.41) is 4.03. The SMILES string of the molecule is Cc1[nH]cnc1CN(CCN(C)C)C(=O)Cc1ccsc1. The van der Waals surface area contributed by atoms with Gasteiger partial charge in [0.25, 0.3) is 0 Å². The van der Waals surface area contributed by atoms with Crippen LogP contribution in [0.3, 0.4) is 0 Å². The highest BCUT2D eigenvalue weighted by Gasteiger charge is 2.17. The van der Waals surface area contributed by atoms with Crippen LogP contribution in [-0.4, -0.2) is 52.9 Å². The molecule has 0 saturated heterocycles. The van der Waals surface area contributed by atoms with Gasteiger partial charge in [-0.2, -0.15) is 11.3 Å². The van der Waals surface area contributed by atoms with Crippen LogP contribution in [0.4, 0.5) is 0 Å². The number of carbonyl (C=O) groups is 1. The number of likely N-dealkylation sites (N-methyl/N-ethyl adjacent to an activating group) is 1. The second kappa shape index (κ2) is 7.38. The second-order valence-corrected chi connectivity index (χ2v) is 6.18. The molecule has 114 valence electrons. The van der Waals surface area contributed by atoms with Crippen LogP contribution < -0.4 is 0 Å². The Kier molecular flexibility index (Phi) is 5.52. The smallest absolute Gasteiger partial charge is 0.227 e. The molecule has 6 heteroatoms. The highest BCUT2D eigenvalue weighted by Crippen LogP contribution is 2.11. The lowest BCUT2D eigenvalue weighted by Gasteiger charge is -2.24. The van der Waals surface area contributed by atoms with Crippen molar-refractivity contribution in [3.63, 3.8) is 0 Å². The van der Waals surface area contributed by atoms with E-state index in [1.165, 1.54) is 0 Å². The van der Waals surface area contributed by atoms with E-state index in [-0.39, 0.29) is 5.91 Å². The van der Waals surface area contributed by atoms with Gasteiger partial charge >= 0.3 is 0 Å². The van der Waals surface area contributed by atoms with Crippen LogP contribution in [0.25, 0.3) is 0 Å². The zero-order valence-corrected chi connectivity index (χ0v) is 13.6. The Balaban J connectivity index is 2.03. The van der Waals surface area contributed by atoms with Crippen molar-refractivity contribution in [1.82, 2.24) is 19.8 Å². The standard InChI is InChI=1S/C15H22N4OS/c1-12-14(17-11-16-12)9-19(6-5-18(2)3)15(20)8-13-4-7-21-10-13/h4,7,10-11H,5-6,8-9H2,1-3H3,(H,16,17). The third-order valence-corrected chi connectivity index (χ3v) is 4.11. The number of amides is 1. The third-order valence-electron chi connectivity index (χ3n) is 3.38. The third kappa shape index (κ3) is 4.68. The number of H-pyrrole nitrogens is 1. The molecule has 2 heterocycles. The molecule has 0 aliphatic carbocycles. The molecule has 1 amide bonds. The van der Waals surface area contributed by atoms with E-state index in [2.05, 4.69) is 14.9 Å². The molecule has 0 radical (unpaired) electrons. The van der Waals surface area contributed by atoms with Crippen molar-refractivity contribution < 1.29 is 4.79 Å². The van der Waals surface area contributed by atoms with E-state index < -0.39 is 0 Å². The van der Waals surface area contributed by atoms with Gasteiger partial charge in [-0.1, -0.05) is 0 Å². The maximum Gasteiger partial charge on any atom is 0.227 e. The first-order valence-corrected chi connectivity index (χ1v) is 7.93. The number of imidazole rings is 1. The van der Waals surface area contributed by atoms with E-state index in [1.807, 2.05) is 42.7 Å². The molecule has 5 nitrogen and oxygen atoms in total. The Morgan fingerprint density at radius 1 is 1.38 bits per heavy atom. The predicted molar refractivity (Wildman–Crippen MR) is 85.3 cm³/mol. The van der Waals surface area contributed by atoms with Gasteiger partial charge in [-0.25, -0.2) is 4.98 Å². The van der Waals surface area contributed by atoms with Gasteiger partial charge in [-0.3, -0.25) is 4.79 Å². The lowest BCUT2D eigenvalue weighted by atomic mass is 10.2. The van der Waals surface area contributed by atoms with Crippen LogP contribution in [0, 0.1) is 6.92 Å². The number of nitrogens with one attached hydrogen (secondary N) is 1. The molecule has 0 spiro atoms. The molecule has 0 aliphatic heterocycles. The van der Waals surface area contributed by atoms with E-state index in [0.717, 1.165) is 23.5 Å². The number of aromatic amines is 1. The van der Waals surface area contributed by atoms with Crippen molar-refractivity contribution in [1.29, 1.82) is 0 Å². The molecule has 0 unspecified atom stereocenters. The molecular formula is C15H22N4OS. The average Bonchev–Trinajstić information content (AvgIpc) is 3.06. The van der Waals surface area contributed by atoms with Crippen LogP contribution in [0.5, 0.6) is 0 Å². The van der Waals surface area contributed by atoms with Gasteiger partial charge in [-0.05, 0) is 43.4 Å². The predicted octanol–water partition coefficient (Wildman–Crippen LogP) is 1.91. The summed E-state index contributed by atoms with van der Waals surface area (Å²) in [5.74, 6) is 0.151. The Bertz CT molecular complexity index is 562. The minimum Gasteiger partial charge on any atom is -0.348 e. The lowest BCUT2D eigenvalue weighted by molar-refractivity contribution is -0.131. The molecule has 0 bridgehead atoms. The van der Waals surface area contributed by atoms with E-state index in [4.69, 9.17) is 0 Å². The molecule has 1 N–H and O–H groups in total. The maximum absolute atomic E-state index is 12.5. The number of aromatic nitrogens is 2. The first-order valence-electron chi connectivity index (χ1n) is 6.98. The number of hydrogen-bond donors (Lipinski definition) is 1. The number of carbonyl (C=O) groups excluding carboxylic acids is 1. The Hall–Kier alpha value is -1.66. The topological polar surface area (TPSA) is 52.2 Å². The van der Waals surface area contributed by atoms with Gasteiger partial charge in [0.2, 0.25) is 5.91 Å². The van der Waals surface area contributed by atoms with Crippen molar-refractivity contribution in [2.45, 2.75) is 19.9 Å². The van der Waals surface area contributed by atoms with Crippen molar-refractivity contribution in [2.75, 3.05) is 27.2 Å². The number of aryl methyl sites for hydroxylation is 1. The van der Waals surface area contributed by atoms with E-state index >= 15 is 0 Å². The quantitative estimate of drug-likeness (QED) is 0.850. The molecule has 2 rings (SSSR count). The van der Waals surface area contributed by atoms with Crippen LogP contribution in [0.15, 0.2) is 23.2 Å².